The summed E-state index contributed by atoms with van der Waals surface area (Å²) in [7, 11) is 0. The summed E-state index contributed by atoms with van der Waals surface area (Å²) in [6, 6.07) is 0. The number of unbranched alkanes of at least 4 members (excludes halogenated alkanes) is 42. The number of carbonyl (C=O) groups excluding carboxylic acids is 3. The quantitative estimate of drug-likeness (QED) is 0.0444. The van der Waals surface area contributed by atoms with E-state index >= 15 is 0 Å². The van der Waals surface area contributed by atoms with Gasteiger partial charge in [-0.15, -0.1) is 0 Å². The topological polar surface area (TPSA) is 120 Å². The van der Waals surface area contributed by atoms with E-state index in [0.29, 0.717) is 0 Å². The third-order valence-corrected chi connectivity index (χ3v) is 12.0. The molecule has 7 heteroatoms. The Morgan fingerprint density at radius 1 is 0.213 bits per heavy atom. The molecule has 0 saturated carbocycles. The van der Waals surface area contributed by atoms with E-state index in [1.165, 1.54) is 250 Å². The average molecular weight is 861 g/mol. The summed E-state index contributed by atoms with van der Waals surface area (Å²) in [5.74, 6) is -2.71. The Kier molecular flexibility index (Phi) is 68.0. The van der Waals surface area contributed by atoms with Crippen molar-refractivity contribution in [1.29, 1.82) is 0 Å². The van der Waals surface area contributed by atoms with Crippen LogP contribution >= 0.6 is 0 Å². The van der Waals surface area contributed by atoms with Gasteiger partial charge in [-0.2, -0.15) is 0 Å². The predicted octanol–water partition coefficient (Wildman–Crippen LogP) is 14.6. The Bertz CT molecular complexity index is 717. The van der Waals surface area contributed by atoms with Gasteiger partial charge in [0.05, 0.1) is 0 Å². The van der Waals surface area contributed by atoms with E-state index in [0.717, 1.165) is 38.5 Å². The summed E-state index contributed by atoms with van der Waals surface area (Å²) in [4.78, 5) is 30.7. The standard InChI is InChI=1S/3C18H36O2.B/c3*1-2-3-4-5-6-7-8-9-10-11-12-13-14-15-16-17-18(19)20;/h3*2-17H2,1H3,(H,19,20);/q;;;+3/p-3. The molecule has 0 spiro atoms. The van der Waals surface area contributed by atoms with Gasteiger partial charge in [-0.3, -0.25) is 0 Å². The Balaban J connectivity index is -0.000000396. The normalized spacial score (nSPS) is 10.7. The van der Waals surface area contributed by atoms with Crippen molar-refractivity contribution in [3.05, 3.63) is 0 Å². The molecule has 61 heavy (non-hydrogen) atoms. The van der Waals surface area contributed by atoms with Crippen molar-refractivity contribution in [2.24, 2.45) is 0 Å². The monoisotopic (exact) mass is 861 g/mol. The van der Waals surface area contributed by atoms with Crippen molar-refractivity contribution in [3.8, 4) is 0 Å². The van der Waals surface area contributed by atoms with E-state index in [1.54, 1.807) is 0 Å². The minimum atomic E-state index is -0.903. The molecule has 0 saturated heterocycles. The maximum absolute atomic E-state index is 10.2. The Morgan fingerprint density at radius 3 is 0.410 bits per heavy atom. The molecule has 0 aromatic rings. The first-order chi connectivity index (χ1) is 29.3. The smallest absolute Gasteiger partial charge is 0.550 e. The van der Waals surface area contributed by atoms with Crippen LogP contribution in [0.15, 0.2) is 0 Å². The predicted molar refractivity (Wildman–Crippen MR) is 259 cm³/mol. The summed E-state index contributed by atoms with van der Waals surface area (Å²) < 4.78 is 0. The minimum absolute atomic E-state index is 0. The van der Waals surface area contributed by atoms with Crippen LogP contribution < -0.4 is 15.3 Å². The zero-order valence-corrected chi connectivity index (χ0v) is 41.5. The van der Waals surface area contributed by atoms with Crippen molar-refractivity contribution in [1.82, 2.24) is 0 Å². The molecule has 0 amide bonds. The second-order valence-corrected chi connectivity index (χ2v) is 18.2. The van der Waals surface area contributed by atoms with Crippen LogP contribution in [0, 0.1) is 0 Å². The summed E-state index contributed by atoms with van der Waals surface area (Å²) >= 11 is 0. The fraction of sp³-hybridized carbons (Fsp3) is 0.944. The molecule has 0 unspecified atom stereocenters. The molecule has 0 radical (unpaired) electrons. The van der Waals surface area contributed by atoms with Gasteiger partial charge < -0.3 is 29.7 Å². The third kappa shape index (κ3) is 76.2. The van der Waals surface area contributed by atoms with Crippen molar-refractivity contribution < 1.29 is 29.7 Å². The molecule has 360 valence electrons. The zero-order chi connectivity index (χ0) is 44.7. The van der Waals surface area contributed by atoms with E-state index in [9.17, 15) is 29.7 Å². The summed E-state index contributed by atoms with van der Waals surface area (Å²) in [5.41, 5.74) is 0. The zero-order valence-electron chi connectivity index (χ0n) is 41.5. The summed E-state index contributed by atoms with van der Waals surface area (Å²) in [5, 5.41) is 30.7. The van der Waals surface area contributed by atoms with Crippen molar-refractivity contribution >= 4 is 26.3 Å². The first kappa shape index (κ1) is 66.1. The molecule has 0 fully saturated rings. The van der Waals surface area contributed by atoms with Crippen LogP contribution in [-0.2, 0) is 14.4 Å². The Labute approximate surface area is 383 Å². The molecule has 0 aromatic carbocycles. The first-order valence-electron chi connectivity index (χ1n) is 26.9. The molecule has 0 aliphatic rings. The van der Waals surface area contributed by atoms with Crippen LogP contribution in [0.3, 0.4) is 0 Å². The van der Waals surface area contributed by atoms with Crippen LogP contribution in [0.4, 0.5) is 0 Å². The van der Waals surface area contributed by atoms with Gasteiger partial charge in [-0.25, -0.2) is 0 Å². The molecule has 0 aromatic heterocycles. The number of carboxylic acid groups (broad SMARTS) is 3. The van der Waals surface area contributed by atoms with Gasteiger partial charge in [0, 0.05) is 17.9 Å². The van der Waals surface area contributed by atoms with Crippen molar-refractivity contribution in [2.75, 3.05) is 0 Å². The van der Waals surface area contributed by atoms with E-state index in [2.05, 4.69) is 20.8 Å². The van der Waals surface area contributed by atoms with Gasteiger partial charge in [0.15, 0.2) is 0 Å². The number of rotatable bonds is 48. The van der Waals surface area contributed by atoms with Crippen LogP contribution in [0.25, 0.3) is 0 Å². The van der Waals surface area contributed by atoms with E-state index in [4.69, 9.17) is 0 Å². The summed E-state index contributed by atoms with van der Waals surface area (Å²) in [6.07, 6.45) is 59.6. The fourth-order valence-electron chi connectivity index (χ4n) is 7.92. The van der Waals surface area contributed by atoms with Crippen LogP contribution in [0.5, 0.6) is 0 Å². The molecular weight excluding hydrogens is 755 g/mol. The van der Waals surface area contributed by atoms with E-state index in [1.807, 2.05) is 0 Å². The van der Waals surface area contributed by atoms with Crippen LogP contribution in [0.1, 0.15) is 329 Å². The summed E-state index contributed by atoms with van der Waals surface area (Å²) in [6.45, 7) is 6.80. The molecule has 0 aliphatic heterocycles. The third-order valence-electron chi connectivity index (χ3n) is 12.0. The molecule has 0 heterocycles. The molecular formula is C54H105BO6. The Hall–Kier alpha value is -1.53. The minimum Gasteiger partial charge on any atom is -0.550 e. The number of hydrogen-bond acceptors (Lipinski definition) is 6. The number of aliphatic carboxylic acids is 3. The van der Waals surface area contributed by atoms with Gasteiger partial charge >= 0.3 is 8.41 Å². The second-order valence-electron chi connectivity index (χ2n) is 18.2. The average Bonchev–Trinajstić information content (AvgIpc) is 3.22. The first-order valence-corrected chi connectivity index (χ1v) is 26.9. The molecule has 6 nitrogen and oxygen atoms in total. The second kappa shape index (κ2) is 62.8. The molecule has 0 N–H and O–H groups in total. The molecule has 0 aliphatic carbocycles. The number of carboxylic acids is 3. The fourth-order valence-corrected chi connectivity index (χ4v) is 7.92. The Morgan fingerprint density at radius 2 is 0.311 bits per heavy atom. The molecule has 0 bridgehead atoms. The van der Waals surface area contributed by atoms with Crippen molar-refractivity contribution in [3.63, 3.8) is 0 Å². The van der Waals surface area contributed by atoms with E-state index < -0.39 is 17.9 Å². The maximum Gasteiger partial charge on any atom is 3.00 e. The van der Waals surface area contributed by atoms with Crippen LogP contribution in [0.2, 0.25) is 0 Å². The SMILES string of the molecule is CCCCCCCCCCCCCCCCCC(=O)[O-].CCCCCCCCCCCCCCCCCC(=O)[O-].CCCCCCCCCCCCCCCCCC(=O)[O-].[B+3]. The largest absolute Gasteiger partial charge is 3.00 e. The molecule has 0 rings (SSSR count). The van der Waals surface area contributed by atoms with Gasteiger partial charge in [0.25, 0.3) is 0 Å². The van der Waals surface area contributed by atoms with Gasteiger partial charge in [0.2, 0.25) is 0 Å². The number of hydrogen-bond donors (Lipinski definition) is 0. The van der Waals surface area contributed by atoms with Crippen molar-refractivity contribution in [2.45, 2.75) is 329 Å². The van der Waals surface area contributed by atoms with Gasteiger partial charge in [-0.05, 0) is 38.5 Å². The molecule has 0 atom stereocenters. The van der Waals surface area contributed by atoms with Crippen LogP contribution in [-0.4, -0.2) is 26.3 Å². The van der Waals surface area contributed by atoms with Gasteiger partial charge in [0.1, 0.15) is 0 Å². The van der Waals surface area contributed by atoms with E-state index in [-0.39, 0.29) is 27.7 Å². The van der Waals surface area contributed by atoms with Gasteiger partial charge in [-0.1, -0.05) is 290 Å². The number of carbonyl (C=O) groups is 3. The maximum atomic E-state index is 10.2.